The van der Waals surface area contributed by atoms with Crippen molar-refractivity contribution in [3.8, 4) is 23.7 Å². The molecular weight excluding hydrogens is 272 g/mol. The average Bonchev–Trinajstić information content (AvgIpc) is 2.55. The van der Waals surface area contributed by atoms with Crippen molar-refractivity contribution < 1.29 is 9.59 Å². The molecule has 0 unspecified atom stereocenters. The molecule has 0 bridgehead atoms. The molecule has 0 spiro atoms. The van der Waals surface area contributed by atoms with Crippen molar-refractivity contribution in [1.29, 1.82) is 0 Å². The van der Waals surface area contributed by atoms with Crippen molar-refractivity contribution in [2.45, 2.75) is 13.8 Å². The number of benzene rings is 2. The number of hydrogen-bond acceptors (Lipinski definition) is 2. The minimum atomic E-state index is -0.523. The molecule has 0 amide bonds. The molecule has 0 radical (unpaired) electrons. The Morgan fingerprint density at radius 2 is 0.955 bits per heavy atom. The average molecular weight is 286 g/mol. The van der Waals surface area contributed by atoms with Gasteiger partial charge in [-0.3, -0.25) is 9.59 Å². The van der Waals surface area contributed by atoms with Crippen LogP contribution in [0.2, 0.25) is 0 Å². The molecule has 0 atom stereocenters. The van der Waals surface area contributed by atoms with E-state index in [-0.39, 0.29) is 0 Å². The molecule has 0 N–H and O–H groups in total. The van der Waals surface area contributed by atoms with Crippen molar-refractivity contribution in [3.05, 3.63) is 70.8 Å². The Morgan fingerprint density at radius 1 is 0.636 bits per heavy atom. The van der Waals surface area contributed by atoms with E-state index < -0.39 is 11.6 Å². The van der Waals surface area contributed by atoms with Crippen LogP contribution in [0.5, 0.6) is 0 Å². The molecule has 2 aromatic carbocycles. The number of Topliss-reactive ketones (excluding diaryl/α,β-unsaturated/α-hetero) is 2. The smallest absolute Gasteiger partial charge is 0.233 e. The Morgan fingerprint density at radius 3 is 1.23 bits per heavy atom. The van der Waals surface area contributed by atoms with E-state index in [1.807, 2.05) is 0 Å². The first-order valence-corrected chi connectivity index (χ1v) is 6.80. The lowest BCUT2D eigenvalue weighted by atomic mass is 10.00. The Kier molecular flexibility index (Phi) is 4.91. The van der Waals surface area contributed by atoms with Crippen molar-refractivity contribution in [1.82, 2.24) is 0 Å². The van der Waals surface area contributed by atoms with Gasteiger partial charge in [-0.05, 0) is 62.4 Å². The second-order valence-electron chi connectivity index (χ2n) is 4.56. The monoisotopic (exact) mass is 286 g/mol. The molecule has 22 heavy (non-hydrogen) atoms. The van der Waals surface area contributed by atoms with Crippen LogP contribution in [0.15, 0.2) is 48.5 Å². The summed E-state index contributed by atoms with van der Waals surface area (Å²) in [5.74, 6) is 10.3. The molecule has 0 saturated carbocycles. The van der Waals surface area contributed by atoms with E-state index in [1.165, 1.54) is 0 Å². The van der Waals surface area contributed by atoms with Gasteiger partial charge in [-0.25, -0.2) is 0 Å². The molecule has 2 nitrogen and oxygen atoms in total. The van der Waals surface area contributed by atoms with Gasteiger partial charge < -0.3 is 0 Å². The molecule has 0 aliphatic rings. The Labute approximate surface area is 130 Å². The molecule has 0 saturated heterocycles. The summed E-state index contributed by atoms with van der Waals surface area (Å²) in [5, 5.41) is 0. The molecule has 0 aromatic heterocycles. The predicted molar refractivity (Wildman–Crippen MR) is 86.6 cm³/mol. The van der Waals surface area contributed by atoms with Crippen LogP contribution < -0.4 is 0 Å². The summed E-state index contributed by atoms with van der Waals surface area (Å²) in [5.41, 5.74) is 2.36. The first-order valence-electron chi connectivity index (χ1n) is 6.80. The van der Waals surface area contributed by atoms with Crippen LogP contribution in [0.3, 0.4) is 0 Å². The summed E-state index contributed by atoms with van der Waals surface area (Å²) in [6.45, 7) is 3.49. The zero-order chi connectivity index (χ0) is 15.9. The van der Waals surface area contributed by atoms with E-state index in [0.29, 0.717) is 11.1 Å². The van der Waals surface area contributed by atoms with Gasteiger partial charge in [0.1, 0.15) is 0 Å². The van der Waals surface area contributed by atoms with Crippen LogP contribution in [-0.2, 0) is 0 Å². The predicted octanol–water partition coefficient (Wildman–Crippen LogP) is 3.50. The molecule has 2 heteroatoms. The summed E-state index contributed by atoms with van der Waals surface area (Å²) in [6.07, 6.45) is 0. The van der Waals surface area contributed by atoms with Crippen molar-refractivity contribution in [2.24, 2.45) is 0 Å². The lowest BCUT2D eigenvalue weighted by Gasteiger charge is -2.01. The standard InChI is InChI=1S/C20H14O2/c1-3-5-15-7-11-17(12-8-15)19(21)20(22)18-13-9-16(6-4-2)10-14-18/h7-14H,1-2H3. The maximum atomic E-state index is 12.2. The molecule has 2 rings (SSSR count). The van der Waals surface area contributed by atoms with Gasteiger partial charge in [0, 0.05) is 22.3 Å². The first-order chi connectivity index (χ1) is 10.7. The third-order valence-corrected chi connectivity index (χ3v) is 3.04. The minimum absolute atomic E-state index is 0.365. The highest BCUT2D eigenvalue weighted by atomic mass is 16.2. The van der Waals surface area contributed by atoms with Gasteiger partial charge in [0.2, 0.25) is 11.6 Å². The largest absolute Gasteiger partial charge is 0.285 e. The highest BCUT2D eigenvalue weighted by Gasteiger charge is 2.17. The first kappa shape index (κ1) is 15.3. The van der Waals surface area contributed by atoms with Crippen molar-refractivity contribution in [2.75, 3.05) is 0 Å². The molecule has 0 aliphatic carbocycles. The van der Waals surface area contributed by atoms with Crippen molar-refractivity contribution in [3.63, 3.8) is 0 Å². The number of rotatable bonds is 3. The van der Waals surface area contributed by atoms with E-state index in [0.717, 1.165) is 11.1 Å². The van der Waals surface area contributed by atoms with E-state index in [2.05, 4.69) is 23.7 Å². The van der Waals surface area contributed by atoms with Crippen LogP contribution >= 0.6 is 0 Å². The maximum Gasteiger partial charge on any atom is 0.233 e. The second-order valence-corrected chi connectivity index (χ2v) is 4.56. The molecule has 106 valence electrons. The quantitative estimate of drug-likeness (QED) is 0.491. The normalized spacial score (nSPS) is 9.00. The van der Waals surface area contributed by atoms with Crippen LogP contribution in [0, 0.1) is 23.7 Å². The van der Waals surface area contributed by atoms with Gasteiger partial charge in [-0.15, -0.1) is 11.8 Å². The van der Waals surface area contributed by atoms with E-state index in [1.54, 1.807) is 62.4 Å². The highest BCUT2D eigenvalue weighted by molar-refractivity contribution is 6.49. The second kappa shape index (κ2) is 7.07. The van der Waals surface area contributed by atoms with Crippen molar-refractivity contribution >= 4 is 11.6 Å². The number of hydrogen-bond donors (Lipinski definition) is 0. The number of carbonyl (C=O) groups is 2. The maximum absolute atomic E-state index is 12.2. The highest BCUT2D eigenvalue weighted by Crippen LogP contribution is 2.10. The SMILES string of the molecule is CC#Cc1ccc(C(=O)C(=O)c2ccc(C#CC)cc2)cc1. The third-order valence-electron chi connectivity index (χ3n) is 3.04. The summed E-state index contributed by atoms with van der Waals surface area (Å²) < 4.78 is 0. The van der Waals surface area contributed by atoms with E-state index in [9.17, 15) is 9.59 Å². The third kappa shape index (κ3) is 3.51. The molecule has 0 fully saturated rings. The van der Waals surface area contributed by atoms with Gasteiger partial charge in [0.15, 0.2) is 0 Å². The van der Waals surface area contributed by atoms with Gasteiger partial charge in [0.25, 0.3) is 0 Å². The van der Waals surface area contributed by atoms with E-state index in [4.69, 9.17) is 0 Å². The summed E-state index contributed by atoms with van der Waals surface area (Å²) in [7, 11) is 0. The van der Waals surface area contributed by atoms with Crippen LogP contribution in [0.1, 0.15) is 45.7 Å². The summed E-state index contributed by atoms with van der Waals surface area (Å²) in [4.78, 5) is 24.4. The van der Waals surface area contributed by atoms with Gasteiger partial charge >= 0.3 is 0 Å². The van der Waals surface area contributed by atoms with Gasteiger partial charge in [-0.1, -0.05) is 11.8 Å². The number of ketones is 2. The Balaban J connectivity index is 2.21. The van der Waals surface area contributed by atoms with Gasteiger partial charge in [0.05, 0.1) is 0 Å². The number of carbonyl (C=O) groups excluding carboxylic acids is 2. The topological polar surface area (TPSA) is 34.1 Å². The minimum Gasteiger partial charge on any atom is -0.285 e. The lowest BCUT2D eigenvalue weighted by Crippen LogP contribution is -2.14. The molecule has 2 aromatic rings. The fourth-order valence-electron chi connectivity index (χ4n) is 1.96. The molecule has 0 aliphatic heterocycles. The van der Waals surface area contributed by atoms with Gasteiger partial charge in [-0.2, -0.15) is 0 Å². The Bertz CT molecular complexity index is 744. The summed E-state index contributed by atoms with van der Waals surface area (Å²) in [6, 6.07) is 13.4. The summed E-state index contributed by atoms with van der Waals surface area (Å²) >= 11 is 0. The van der Waals surface area contributed by atoms with E-state index >= 15 is 0 Å². The fraction of sp³-hybridized carbons (Fsp3) is 0.100. The Hall–Kier alpha value is -3.10. The zero-order valence-electron chi connectivity index (χ0n) is 12.4. The van der Waals surface area contributed by atoms with Crippen LogP contribution in [0.4, 0.5) is 0 Å². The lowest BCUT2D eigenvalue weighted by molar-refractivity contribution is 0.0817. The van der Waals surface area contributed by atoms with Crippen LogP contribution in [-0.4, -0.2) is 11.6 Å². The zero-order valence-corrected chi connectivity index (χ0v) is 12.4. The molecular formula is C20H14O2. The fourth-order valence-corrected chi connectivity index (χ4v) is 1.96. The van der Waals surface area contributed by atoms with Crippen LogP contribution in [0.25, 0.3) is 0 Å². The molecule has 0 heterocycles.